The smallest absolute Gasteiger partial charge is 0.282 e. The maximum Gasteiger partial charge on any atom is 0.282 e. The van der Waals surface area contributed by atoms with Gasteiger partial charge in [-0.25, -0.2) is 22.0 Å². The molecule has 26 heavy (non-hydrogen) atoms. The van der Waals surface area contributed by atoms with E-state index in [0.29, 0.717) is 5.69 Å². The second-order valence-electron chi connectivity index (χ2n) is 5.66. The molecule has 0 radical (unpaired) electrons. The molecule has 8 heteroatoms. The molecule has 0 amide bonds. The maximum atomic E-state index is 14.4. The number of anilines is 1. The first kappa shape index (κ1) is 17.9. The highest BCUT2D eigenvalue weighted by Gasteiger charge is 2.22. The van der Waals surface area contributed by atoms with Crippen molar-refractivity contribution in [1.82, 2.24) is 10.2 Å². The largest absolute Gasteiger partial charge is 0.381 e. The van der Waals surface area contributed by atoms with Crippen molar-refractivity contribution in [2.75, 3.05) is 5.32 Å². The van der Waals surface area contributed by atoms with E-state index in [2.05, 4.69) is 15.5 Å². The van der Waals surface area contributed by atoms with Gasteiger partial charge >= 0.3 is 0 Å². The second kappa shape index (κ2) is 7.15. The number of hydrogen-bond acceptors (Lipinski definition) is 2. The predicted molar refractivity (Wildman–Crippen MR) is 87.4 cm³/mol. The normalized spacial score (nSPS) is 11.2. The Kier molecular flexibility index (Phi) is 4.92. The van der Waals surface area contributed by atoms with Crippen molar-refractivity contribution in [2.24, 2.45) is 0 Å². The lowest BCUT2D eigenvalue weighted by Gasteiger charge is -2.11. The first-order valence-corrected chi connectivity index (χ1v) is 7.68. The lowest BCUT2D eigenvalue weighted by molar-refractivity contribution is 0.146. The highest BCUT2D eigenvalue weighted by Crippen LogP contribution is 2.34. The molecule has 0 saturated carbocycles. The van der Waals surface area contributed by atoms with E-state index < -0.39 is 29.6 Å². The first-order chi connectivity index (χ1) is 12.4. The molecule has 3 nitrogen and oxygen atoms in total. The number of nitrogens with one attached hydrogen (secondary N) is 2. The van der Waals surface area contributed by atoms with Crippen LogP contribution < -0.4 is 5.32 Å². The lowest BCUT2D eigenvalue weighted by atomic mass is 10.0. The Morgan fingerprint density at radius 1 is 1.04 bits per heavy atom. The topological polar surface area (TPSA) is 40.7 Å². The molecule has 3 rings (SSSR count). The van der Waals surface area contributed by atoms with Gasteiger partial charge in [0.15, 0.2) is 0 Å². The summed E-state index contributed by atoms with van der Waals surface area (Å²) in [5, 5.41) is 8.65. The van der Waals surface area contributed by atoms with Crippen LogP contribution in [0.15, 0.2) is 36.4 Å². The summed E-state index contributed by atoms with van der Waals surface area (Å²) in [6.45, 7) is 1.32. The standard InChI is InChI=1S/C18H14F5N3/c1-9-16(17(18(22)23)26-25-9)11-6-5-10(7-15(11)21)24-8-12-13(19)3-2-4-14(12)20/h2-7,18,24H,8H2,1H3,(H,25,26). The zero-order valence-electron chi connectivity index (χ0n) is 13.6. The van der Waals surface area contributed by atoms with E-state index in [1.165, 1.54) is 25.1 Å². The fourth-order valence-electron chi connectivity index (χ4n) is 2.67. The van der Waals surface area contributed by atoms with Gasteiger partial charge in [0.05, 0.1) is 0 Å². The molecule has 0 fully saturated rings. The van der Waals surface area contributed by atoms with Crippen LogP contribution in [0, 0.1) is 24.4 Å². The molecule has 3 aromatic rings. The summed E-state index contributed by atoms with van der Waals surface area (Å²) in [6, 6.07) is 7.33. The Morgan fingerprint density at radius 3 is 2.35 bits per heavy atom. The highest BCUT2D eigenvalue weighted by molar-refractivity contribution is 5.71. The summed E-state index contributed by atoms with van der Waals surface area (Å²) in [6.07, 6.45) is -2.85. The number of benzene rings is 2. The lowest BCUT2D eigenvalue weighted by Crippen LogP contribution is -2.05. The molecule has 0 aliphatic rings. The SMILES string of the molecule is Cc1[nH]nc(C(F)F)c1-c1ccc(NCc2c(F)cccc2F)cc1F. The first-order valence-electron chi connectivity index (χ1n) is 7.68. The van der Waals surface area contributed by atoms with Crippen LogP contribution in [0.25, 0.3) is 11.1 Å². The van der Waals surface area contributed by atoms with Gasteiger partial charge in [0.2, 0.25) is 0 Å². The predicted octanol–water partition coefficient (Wildman–Crippen LogP) is 5.35. The molecule has 0 aliphatic heterocycles. The van der Waals surface area contributed by atoms with Crippen molar-refractivity contribution in [1.29, 1.82) is 0 Å². The van der Waals surface area contributed by atoms with Crippen LogP contribution in [0.1, 0.15) is 23.4 Å². The van der Waals surface area contributed by atoms with Crippen molar-refractivity contribution in [3.8, 4) is 11.1 Å². The number of H-pyrrole nitrogens is 1. The number of hydrogen-bond donors (Lipinski definition) is 2. The van der Waals surface area contributed by atoms with Crippen LogP contribution in [0.2, 0.25) is 0 Å². The van der Waals surface area contributed by atoms with Crippen LogP contribution in [-0.4, -0.2) is 10.2 Å². The Balaban J connectivity index is 1.86. The molecule has 2 N–H and O–H groups in total. The monoisotopic (exact) mass is 367 g/mol. The number of aromatic amines is 1. The van der Waals surface area contributed by atoms with Crippen molar-refractivity contribution >= 4 is 5.69 Å². The molecule has 0 spiro atoms. The van der Waals surface area contributed by atoms with Gasteiger partial charge in [-0.05, 0) is 37.3 Å². The van der Waals surface area contributed by atoms with Gasteiger partial charge in [-0.1, -0.05) is 6.07 Å². The van der Waals surface area contributed by atoms with Gasteiger partial charge in [-0.3, -0.25) is 5.10 Å². The average Bonchev–Trinajstić information content (AvgIpc) is 2.96. The van der Waals surface area contributed by atoms with Gasteiger partial charge in [-0.15, -0.1) is 0 Å². The summed E-state index contributed by atoms with van der Waals surface area (Å²) >= 11 is 0. The van der Waals surface area contributed by atoms with Crippen molar-refractivity contribution < 1.29 is 22.0 Å². The maximum absolute atomic E-state index is 14.4. The van der Waals surface area contributed by atoms with E-state index in [4.69, 9.17) is 0 Å². The fourth-order valence-corrected chi connectivity index (χ4v) is 2.67. The molecule has 1 aromatic heterocycles. The number of nitrogens with zero attached hydrogens (tertiary/aromatic N) is 1. The van der Waals surface area contributed by atoms with E-state index in [1.807, 2.05) is 0 Å². The molecular formula is C18H14F5N3. The van der Waals surface area contributed by atoms with Crippen LogP contribution in [0.3, 0.4) is 0 Å². The Morgan fingerprint density at radius 2 is 1.73 bits per heavy atom. The summed E-state index contributed by atoms with van der Waals surface area (Å²) in [7, 11) is 0. The summed E-state index contributed by atoms with van der Waals surface area (Å²) in [5.74, 6) is -2.19. The van der Waals surface area contributed by atoms with Gasteiger partial charge in [-0.2, -0.15) is 5.10 Å². The van der Waals surface area contributed by atoms with E-state index >= 15 is 0 Å². The third kappa shape index (κ3) is 3.40. The number of alkyl halides is 2. The Bertz CT molecular complexity index is 916. The second-order valence-corrected chi connectivity index (χ2v) is 5.66. The zero-order valence-corrected chi connectivity index (χ0v) is 13.6. The third-order valence-corrected chi connectivity index (χ3v) is 3.95. The molecule has 0 unspecified atom stereocenters. The minimum Gasteiger partial charge on any atom is -0.381 e. The van der Waals surface area contributed by atoms with Gasteiger partial charge in [0, 0.05) is 34.6 Å². The van der Waals surface area contributed by atoms with Crippen LogP contribution >= 0.6 is 0 Å². The highest BCUT2D eigenvalue weighted by atomic mass is 19.3. The van der Waals surface area contributed by atoms with E-state index in [0.717, 1.165) is 18.2 Å². The molecule has 0 saturated heterocycles. The zero-order chi connectivity index (χ0) is 18.8. The molecule has 1 heterocycles. The summed E-state index contributed by atoms with van der Waals surface area (Å²) in [5.41, 5.74) is -0.168. The quantitative estimate of drug-likeness (QED) is 0.597. The van der Waals surface area contributed by atoms with E-state index in [-0.39, 0.29) is 28.9 Å². The average molecular weight is 367 g/mol. The molecule has 2 aromatic carbocycles. The molecule has 0 bridgehead atoms. The number of aryl methyl sites for hydroxylation is 1. The van der Waals surface area contributed by atoms with E-state index in [9.17, 15) is 22.0 Å². The van der Waals surface area contributed by atoms with Crippen molar-refractivity contribution in [3.63, 3.8) is 0 Å². The minimum absolute atomic E-state index is 0.00389. The van der Waals surface area contributed by atoms with Crippen LogP contribution in [0.4, 0.5) is 27.6 Å². The summed E-state index contributed by atoms with van der Waals surface area (Å²) in [4.78, 5) is 0. The Labute approximate surface area is 145 Å². The molecule has 136 valence electrons. The fraction of sp³-hybridized carbons (Fsp3) is 0.167. The number of halogens is 5. The van der Waals surface area contributed by atoms with Crippen LogP contribution in [0.5, 0.6) is 0 Å². The van der Waals surface area contributed by atoms with Crippen LogP contribution in [-0.2, 0) is 6.54 Å². The van der Waals surface area contributed by atoms with Crippen molar-refractivity contribution in [2.45, 2.75) is 19.9 Å². The summed E-state index contributed by atoms with van der Waals surface area (Å²) < 4.78 is 67.7. The number of aromatic nitrogens is 2. The van der Waals surface area contributed by atoms with Crippen molar-refractivity contribution in [3.05, 3.63) is 70.8 Å². The third-order valence-electron chi connectivity index (χ3n) is 3.95. The molecule has 0 atom stereocenters. The molecule has 0 aliphatic carbocycles. The van der Waals surface area contributed by atoms with Gasteiger partial charge in [0.1, 0.15) is 23.1 Å². The van der Waals surface area contributed by atoms with Gasteiger partial charge in [0.25, 0.3) is 6.43 Å². The minimum atomic E-state index is -2.85. The van der Waals surface area contributed by atoms with Gasteiger partial charge < -0.3 is 5.32 Å². The molecular weight excluding hydrogens is 353 g/mol. The Hall–Kier alpha value is -2.90. The van der Waals surface area contributed by atoms with E-state index in [1.54, 1.807) is 0 Å². The number of rotatable bonds is 5.